The summed E-state index contributed by atoms with van der Waals surface area (Å²) in [6.07, 6.45) is 0. The largest absolute Gasteiger partial charge is 0.379 e. The lowest BCUT2D eigenvalue weighted by Crippen LogP contribution is -2.45. The molecule has 0 atom stereocenters. The van der Waals surface area contributed by atoms with Crippen LogP contribution in [-0.4, -0.2) is 54.3 Å². The predicted molar refractivity (Wildman–Crippen MR) is 110 cm³/mol. The number of rotatable bonds is 7. The number of ether oxygens (including phenoxy) is 1. The molecule has 3 rings (SSSR count). The topological polar surface area (TPSA) is 27.7 Å². The maximum atomic E-state index is 13.2. The number of hydrogen-bond acceptors (Lipinski definition) is 3. The van der Waals surface area contributed by atoms with Gasteiger partial charge in [-0.1, -0.05) is 42.5 Å². The number of hydrogen-bond donors (Lipinski definition) is 1. The van der Waals surface area contributed by atoms with Crippen LogP contribution in [0.25, 0.3) is 0 Å². The molecule has 0 aromatic heterocycles. The zero-order valence-corrected chi connectivity index (χ0v) is 16.3. The molecule has 2 aromatic carbocycles. The number of morpholine rings is 1. The van der Waals surface area contributed by atoms with Gasteiger partial charge in [-0.15, -0.1) is 0 Å². The summed E-state index contributed by atoms with van der Waals surface area (Å²) >= 11 is 5.66. The molecule has 2 aromatic rings. The van der Waals surface area contributed by atoms with Crippen LogP contribution in [-0.2, 0) is 17.8 Å². The smallest absolute Gasteiger partial charge is 0.169 e. The molecule has 6 heteroatoms. The monoisotopic (exact) mass is 387 g/mol. The number of halogens is 1. The molecule has 0 radical (unpaired) electrons. The van der Waals surface area contributed by atoms with Crippen LogP contribution in [0.15, 0.2) is 54.6 Å². The molecular formula is C21H26FN3OS. The molecule has 27 heavy (non-hydrogen) atoms. The summed E-state index contributed by atoms with van der Waals surface area (Å²) in [5.41, 5.74) is 2.23. The highest BCUT2D eigenvalue weighted by Gasteiger charge is 2.15. The molecular weight excluding hydrogens is 361 g/mol. The number of nitrogens with zero attached hydrogens (tertiary/aromatic N) is 2. The Balaban J connectivity index is 1.59. The van der Waals surface area contributed by atoms with E-state index in [1.165, 1.54) is 17.7 Å². The van der Waals surface area contributed by atoms with Gasteiger partial charge in [0.25, 0.3) is 0 Å². The van der Waals surface area contributed by atoms with Gasteiger partial charge < -0.3 is 15.0 Å². The van der Waals surface area contributed by atoms with Crippen LogP contribution in [0.2, 0.25) is 0 Å². The predicted octanol–water partition coefficient (Wildman–Crippen LogP) is 3.03. The second-order valence-corrected chi connectivity index (χ2v) is 7.03. The highest BCUT2D eigenvalue weighted by molar-refractivity contribution is 7.80. The third-order valence-electron chi connectivity index (χ3n) is 4.65. The summed E-state index contributed by atoms with van der Waals surface area (Å²) in [4.78, 5) is 4.54. The van der Waals surface area contributed by atoms with E-state index in [2.05, 4.69) is 27.2 Å². The van der Waals surface area contributed by atoms with Crippen LogP contribution >= 0.6 is 12.2 Å². The van der Waals surface area contributed by atoms with Gasteiger partial charge >= 0.3 is 0 Å². The van der Waals surface area contributed by atoms with E-state index in [0.29, 0.717) is 13.1 Å². The van der Waals surface area contributed by atoms with E-state index in [4.69, 9.17) is 17.0 Å². The minimum atomic E-state index is -0.219. The maximum absolute atomic E-state index is 13.2. The Labute approximate surface area is 165 Å². The summed E-state index contributed by atoms with van der Waals surface area (Å²) < 4.78 is 18.6. The van der Waals surface area contributed by atoms with E-state index in [9.17, 15) is 4.39 Å². The van der Waals surface area contributed by atoms with Crippen LogP contribution in [0, 0.1) is 5.82 Å². The lowest BCUT2D eigenvalue weighted by molar-refractivity contribution is 0.0357. The average molecular weight is 388 g/mol. The van der Waals surface area contributed by atoms with Crippen molar-refractivity contribution in [1.82, 2.24) is 15.1 Å². The minimum absolute atomic E-state index is 0.219. The molecule has 1 N–H and O–H groups in total. The van der Waals surface area contributed by atoms with Gasteiger partial charge in [-0.3, -0.25) is 4.90 Å². The molecule has 0 amide bonds. The van der Waals surface area contributed by atoms with Crippen molar-refractivity contribution in [3.8, 4) is 0 Å². The first-order valence-corrected chi connectivity index (χ1v) is 9.73. The second kappa shape index (κ2) is 10.3. The Bertz CT molecular complexity index is 705. The first-order valence-electron chi connectivity index (χ1n) is 9.32. The van der Waals surface area contributed by atoms with Crippen molar-refractivity contribution in [2.45, 2.75) is 13.1 Å². The second-order valence-electron chi connectivity index (χ2n) is 6.65. The van der Waals surface area contributed by atoms with Gasteiger partial charge in [-0.2, -0.15) is 0 Å². The van der Waals surface area contributed by atoms with Gasteiger partial charge in [-0.05, 0) is 35.5 Å². The van der Waals surface area contributed by atoms with Crippen molar-refractivity contribution >= 4 is 17.3 Å². The van der Waals surface area contributed by atoms with Crippen molar-refractivity contribution in [1.29, 1.82) is 0 Å². The molecule has 0 bridgehead atoms. The van der Waals surface area contributed by atoms with E-state index >= 15 is 0 Å². The van der Waals surface area contributed by atoms with Crippen LogP contribution in [0.5, 0.6) is 0 Å². The standard InChI is InChI=1S/C21H26FN3OS/c22-20-8-6-19(7-9-20)17-25(11-10-24-12-14-26-15-13-24)21(27)23-16-18-4-2-1-3-5-18/h1-9H,10-17H2,(H,23,27). The summed E-state index contributed by atoms with van der Waals surface area (Å²) in [7, 11) is 0. The molecule has 0 saturated carbocycles. The normalized spacial score (nSPS) is 14.7. The summed E-state index contributed by atoms with van der Waals surface area (Å²) in [5.74, 6) is -0.219. The Kier molecular flexibility index (Phi) is 7.56. The molecule has 1 saturated heterocycles. The van der Waals surface area contributed by atoms with Gasteiger partial charge in [0.2, 0.25) is 0 Å². The molecule has 4 nitrogen and oxygen atoms in total. The highest BCUT2D eigenvalue weighted by atomic mass is 32.1. The lowest BCUT2D eigenvalue weighted by Gasteiger charge is -2.31. The molecule has 1 fully saturated rings. The van der Waals surface area contributed by atoms with Gasteiger partial charge in [0.05, 0.1) is 13.2 Å². The molecule has 144 valence electrons. The van der Waals surface area contributed by atoms with Crippen LogP contribution < -0.4 is 5.32 Å². The van der Waals surface area contributed by atoms with Crippen LogP contribution in [0.3, 0.4) is 0 Å². The Morgan fingerprint density at radius 1 is 1.04 bits per heavy atom. The average Bonchev–Trinajstić information content (AvgIpc) is 2.72. The van der Waals surface area contributed by atoms with Gasteiger partial charge in [0.1, 0.15) is 5.82 Å². The van der Waals surface area contributed by atoms with Crippen molar-refractivity contribution in [3.05, 3.63) is 71.5 Å². The SMILES string of the molecule is Fc1ccc(CN(CCN2CCOCC2)C(=S)NCc2ccccc2)cc1. The van der Waals surface area contributed by atoms with E-state index in [1.807, 2.05) is 30.3 Å². The molecule has 0 unspecified atom stereocenters. The fraction of sp³-hybridized carbons (Fsp3) is 0.381. The molecule has 1 aliphatic rings. The lowest BCUT2D eigenvalue weighted by atomic mass is 10.2. The molecule has 0 aliphatic carbocycles. The van der Waals surface area contributed by atoms with Crippen LogP contribution in [0.1, 0.15) is 11.1 Å². The molecule has 1 heterocycles. The van der Waals surface area contributed by atoms with Crippen molar-refractivity contribution in [2.24, 2.45) is 0 Å². The highest BCUT2D eigenvalue weighted by Crippen LogP contribution is 2.09. The Hall–Kier alpha value is -2.02. The summed E-state index contributed by atoms with van der Waals surface area (Å²) in [5, 5.41) is 4.08. The Morgan fingerprint density at radius 2 is 1.74 bits per heavy atom. The van der Waals surface area contributed by atoms with Gasteiger partial charge in [0, 0.05) is 39.3 Å². The Morgan fingerprint density at radius 3 is 2.44 bits per heavy atom. The zero-order chi connectivity index (χ0) is 18.9. The third kappa shape index (κ3) is 6.57. The van der Waals surface area contributed by atoms with E-state index < -0.39 is 0 Å². The third-order valence-corrected chi connectivity index (χ3v) is 5.05. The summed E-state index contributed by atoms with van der Waals surface area (Å²) in [6.45, 7) is 6.57. The fourth-order valence-corrected chi connectivity index (χ4v) is 3.26. The maximum Gasteiger partial charge on any atom is 0.169 e. The summed E-state index contributed by atoms with van der Waals surface area (Å²) in [6, 6.07) is 16.8. The van der Waals surface area contributed by atoms with Gasteiger partial charge in [-0.25, -0.2) is 4.39 Å². The van der Waals surface area contributed by atoms with Crippen molar-refractivity contribution in [2.75, 3.05) is 39.4 Å². The molecule has 0 spiro atoms. The molecule has 1 aliphatic heterocycles. The van der Waals surface area contributed by atoms with Crippen LogP contribution in [0.4, 0.5) is 4.39 Å². The van der Waals surface area contributed by atoms with E-state index in [0.717, 1.165) is 50.1 Å². The number of nitrogens with one attached hydrogen (secondary N) is 1. The zero-order valence-electron chi connectivity index (χ0n) is 15.4. The first-order chi connectivity index (χ1) is 13.2. The minimum Gasteiger partial charge on any atom is -0.379 e. The van der Waals surface area contributed by atoms with E-state index in [1.54, 1.807) is 0 Å². The van der Waals surface area contributed by atoms with Crippen molar-refractivity contribution in [3.63, 3.8) is 0 Å². The fourth-order valence-electron chi connectivity index (χ4n) is 3.03. The number of thiocarbonyl (C=S) groups is 1. The number of benzene rings is 2. The van der Waals surface area contributed by atoms with Gasteiger partial charge in [0.15, 0.2) is 5.11 Å². The quantitative estimate of drug-likeness (QED) is 0.738. The van der Waals surface area contributed by atoms with E-state index in [-0.39, 0.29) is 5.82 Å². The first kappa shape index (κ1) is 19.7. The van der Waals surface area contributed by atoms with Crippen molar-refractivity contribution < 1.29 is 9.13 Å².